The van der Waals surface area contributed by atoms with Crippen LogP contribution >= 0.6 is 0 Å². The molecular weight excluding hydrogens is 252 g/mol. The molecule has 20 heavy (non-hydrogen) atoms. The molecule has 1 aromatic rings. The lowest BCUT2D eigenvalue weighted by atomic mass is 9.99. The van der Waals surface area contributed by atoms with Gasteiger partial charge in [0.15, 0.2) is 0 Å². The molecule has 0 aliphatic carbocycles. The second kappa shape index (κ2) is 6.09. The van der Waals surface area contributed by atoms with Crippen LogP contribution in [0.5, 0.6) is 5.75 Å². The van der Waals surface area contributed by atoms with E-state index in [0.29, 0.717) is 18.1 Å². The van der Waals surface area contributed by atoms with Crippen molar-refractivity contribution in [3.05, 3.63) is 35.4 Å². The Bertz CT molecular complexity index is 519. The van der Waals surface area contributed by atoms with E-state index in [1.807, 2.05) is 30.3 Å². The van der Waals surface area contributed by atoms with Crippen molar-refractivity contribution < 1.29 is 9.53 Å². The van der Waals surface area contributed by atoms with Crippen molar-refractivity contribution in [2.24, 2.45) is 5.92 Å². The molecular formula is C16H20N2O2. The van der Waals surface area contributed by atoms with Crippen molar-refractivity contribution in [1.29, 1.82) is 0 Å². The highest BCUT2D eigenvalue weighted by Crippen LogP contribution is 2.25. The minimum absolute atomic E-state index is 0.00919. The van der Waals surface area contributed by atoms with Crippen molar-refractivity contribution in [2.75, 3.05) is 26.2 Å². The molecule has 2 aliphatic rings. The van der Waals surface area contributed by atoms with Crippen LogP contribution in [-0.2, 0) is 4.79 Å². The maximum absolute atomic E-state index is 12.2. The van der Waals surface area contributed by atoms with Crippen molar-refractivity contribution >= 4 is 12.0 Å². The lowest BCUT2D eigenvalue weighted by Crippen LogP contribution is -2.39. The fraction of sp³-hybridized carbons (Fsp3) is 0.438. The van der Waals surface area contributed by atoms with Crippen LogP contribution in [0.2, 0.25) is 0 Å². The maximum Gasteiger partial charge on any atom is 0.250 e. The second-order valence-corrected chi connectivity index (χ2v) is 5.42. The molecule has 4 heteroatoms. The minimum Gasteiger partial charge on any atom is -0.488 e. The molecule has 0 spiro atoms. The molecule has 0 saturated carbocycles. The molecule has 2 aliphatic heterocycles. The van der Waals surface area contributed by atoms with Crippen molar-refractivity contribution in [1.82, 2.24) is 10.6 Å². The Hall–Kier alpha value is -1.81. The second-order valence-electron chi connectivity index (χ2n) is 5.42. The Morgan fingerprint density at radius 2 is 2.30 bits per heavy atom. The fourth-order valence-corrected chi connectivity index (χ4v) is 2.70. The first kappa shape index (κ1) is 13.2. The summed E-state index contributed by atoms with van der Waals surface area (Å²) >= 11 is 0. The molecule has 4 nitrogen and oxygen atoms in total. The van der Waals surface area contributed by atoms with Crippen LogP contribution in [0.1, 0.15) is 18.4 Å². The summed E-state index contributed by atoms with van der Waals surface area (Å²) in [6, 6.07) is 7.78. The first-order valence-electron chi connectivity index (χ1n) is 7.24. The normalized spacial score (nSPS) is 21.4. The number of benzene rings is 1. The molecule has 1 aromatic carbocycles. The van der Waals surface area contributed by atoms with Gasteiger partial charge in [0.1, 0.15) is 12.4 Å². The van der Waals surface area contributed by atoms with E-state index in [0.717, 1.165) is 30.9 Å². The van der Waals surface area contributed by atoms with E-state index >= 15 is 0 Å². The predicted octanol–water partition coefficient (Wildman–Crippen LogP) is 1.58. The van der Waals surface area contributed by atoms with Gasteiger partial charge in [-0.3, -0.25) is 4.79 Å². The van der Waals surface area contributed by atoms with Gasteiger partial charge in [0.2, 0.25) is 0 Å². The number of amides is 1. The molecule has 1 unspecified atom stereocenters. The van der Waals surface area contributed by atoms with Crippen LogP contribution in [0.3, 0.4) is 0 Å². The number of carbonyl (C=O) groups excluding carboxylic acids is 1. The Kier molecular flexibility index (Phi) is 4.02. The van der Waals surface area contributed by atoms with E-state index in [1.165, 1.54) is 12.8 Å². The Morgan fingerprint density at radius 3 is 3.15 bits per heavy atom. The first-order valence-corrected chi connectivity index (χ1v) is 7.24. The third-order valence-electron chi connectivity index (χ3n) is 3.87. The summed E-state index contributed by atoms with van der Waals surface area (Å²) in [6.45, 7) is 3.19. The van der Waals surface area contributed by atoms with Crippen molar-refractivity contribution in [3.63, 3.8) is 0 Å². The molecule has 0 bridgehead atoms. The summed E-state index contributed by atoms with van der Waals surface area (Å²) in [6.07, 6.45) is 4.30. The van der Waals surface area contributed by atoms with Gasteiger partial charge in [0, 0.05) is 12.1 Å². The number of carbonyl (C=O) groups is 1. The number of hydrogen-bond donors (Lipinski definition) is 2. The highest BCUT2D eigenvalue weighted by Gasteiger charge is 2.18. The third kappa shape index (κ3) is 3.02. The molecule has 3 rings (SSSR count). The molecule has 0 aromatic heterocycles. The zero-order chi connectivity index (χ0) is 13.8. The van der Waals surface area contributed by atoms with Crippen LogP contribution in [0.15, 0.2) is 29.8 Å². The molecule has 1 fully saturated rings. The van der Waals surface area contributed by atoms with Gasteiger partial charge in [-0.1, -0.05) is 18.2 Å². The van der Waals surface area contributed by atoms with Crippen LogP contribution in [0.25, 0.3) is 6.08 Å². The Labute approximate surface area is 119 Å². The van der Waals surface area contributed by atoms with Crippen molar-refractivity contribution in [2.45, 2.75) is 12.8 Å². The Morgan fingerprint density at radius 1 is 1.40 bits per heavy atom. The largest absolute Gasteiger partial charge is 0.488 e. The molecule has 1 amide bonds. The average molecular weight is 272 g/mol. The van der Waals surface area contributed by atoms with Crippen LogP contribution in [0, 0.1) is 5.92 Å². The summed E-state index contributed by atoms with van der Waals surface area (Å²) in [5.74, 6) is 1.38. The van der Waals surface area contributed by atoms with Gasteiger partial charge in [0.25, 0.3) is 5.91 Å². The minimum atomic E-state index is -0.00919. The van der Waals surface area contributed by atoms with Crippen molar-refractivity contribution in [3.8, 4) is 5.75 Å². The monoisotopic (exact) mass is 272 g/mol. The van der Waals surface area contributed by atoms with Crippen LogP contribution < -0.4 is 15.4 Å². The molecule has 2 heterocycles. The van der Waals surface area contributed by atoms with Crippen LogP contribution in [-0.4, -0.2) is 32.1 Å². The first-order chi connectivity index (χ1) is 9.83. The lowest BCUT2D eigenvalue weighted by molar-refractivity contribution is -0.118. The van der Waals surface area contributed by atoms with Gasteiger partial charge in [-0.05, 0) is 44.0 Å². The predicted molar refractivity (Wildman–Crippen MR) is 78.5 cm³/mol. The highest BCUT2D eigenvalue weighted by atomic mass is 16.5. The highest BCUT2D eigenvalue weighted by molar-refractivity contribution is 5.99. The Balaban J connectivity index is 1.59. The number of piperidine rings is 1. The number of ether oxygens (including phenoxy) is 1. The molecule has 1 atom stereocenters. The SMILES string of the molecule is O=C(NCC1CCCNC1)C1=Cc2ccccc2OC1. The van der Waals surface area contributed by atoms with E-state index in [9.17, 15) is 4.79 Å². The smallest absolute Gasteiger partial charge is 0.250 e. The summed E-state index contributed by atoms with van der Waals surface area (Å²) in [7, 11) is 0. The maximum atomic E-state index is 12.2. The number of fused-ring (bicyclic) bond motifs is 1. The van der Waals surface area contributed by atoms with Gasteiger partial charge < -0.3 is 15.4 Å². The molecule has 0 radical (unpaired) electrons. The molecule has 1 saturated heterocycles. The lowest BCUT2D eigenvalue weighted by Gasteiger charge is -2.23. The van der Waals surface area contributed by atoms with E-state index in [-0.39, 0.29) is 5.91 Å². The molecule has 2 N–H and O–H groups in total. The summed E-state index contributed by atoms with van der Waals surface area (Å²) < 4.78 is 5.61. The van der Waals surface area contributed by atoms with Gasteiger partial charge in [-0.15, -0.1) is 0 Å². The van der Waals surface area contributed by atoms with E-state index in [2.05, 4.69) is 10.6 Å². The fourth-order valence-electron chi connectivity index (χ4n) is 2.70. The number of nitrogens with one attached hydrogen (secondary N) is 2. The number of hydrogen-bond acceptors (Lipinski definition) is 3. The standard InChI is InChI=1S/C16H20N2O2/c19-16(18-10-12-4-3-7-17-9-12)14-8-13-5-1-2-6-15(13)20-11-14/h1-2,5-6,8,12,17H,3-4,7,9-11H2,(H,18,19). The van der Waals surface area contributed by atoms with E-state index in [1.54, 1.807) is 0 Å². The number of para-hydroxylation sites is 1. The number of rotatable bonds is 3. The van der Waals surface area contributed by atoms with Gasteiger partial charge in [0.05, 0.1) is 5.57 Å². The van der Waals surface area contributed by atoms with Gasteiger partial charge in [-0.2, -0.15) is 0 Å². The van der Waals surface area contributed by atoms with E-state index in [4.69, 9.17) is 4.74 Å². The van der Waals surface area contributed by atoms with E-state index < -0.39 is 0 Å². The summed E-state index contributed by atoms with van der Waals surface area (Å²) in [5, 5.41) is 6.39. The summed E-state index contributed by atoms with van der Waals surface area (Å²) in [4.78, 5) is 12.2. The van der Waals surface area contributed by atoms with Gasteiger partial charge >= 0.3 is 0 Å². The zero-order valence-electron chi connectivity index (χ0n) is 11.5. The van der Waals surface area contributed by atoms with Crippen LogP contribution in [0.4, 0.5) is 0 Å². The topological polar surface area (TPSA) is 50.4 Å². The zero-order valence-corrected chi connectivity index (χ0v) is 11.5. The third-order valence-corrected chi connectivity index (χ3v) is 3.87. The average Bonchev–Trinajstić information content (AvgIpc) is 2.53. The quantitative estimate of drug-likeness (QED) is 0.878. The molecule has 106 valence electrons. The summed E-state index contributed by atoms with van der Waals surface area (Å²) in [5.41, 5.74) is 1.68. The van der Waals surface area contributed by atoms with Gasteiger partial charge in [-0.25, -0.2) is 0 Å².